The average Bonchev–Trinajstić information content (AvgIpc) is 3.18. The topological polar surface area (TPSA) is 72.7 Å². The van der Waals surface area contributed by atoms with Crippen LogP contribution in [-0.2, 0) is 0 Å². The molecule has 0 aliphatic heterocycles. The highest BCUT2D eigenvalue weighted by Gasteiger charge is 2.18. The van der Waals surface area contributed by atoms with Crippen LogP contribution >= 0.6 is 11.5 Å². The molecular formula is C15H14FN5OS. The molecule has 118 valence electrons. The van der Waals surface area contributed by atoms with E-state index in [0.29, 0.717) is 5.69 Å². The van der Waals surface area contributed by atoms with E-state index in [9.17, 15) is 9.18 Å². The van der Waals surface area contributed by atoms with Crippen molar-refractivity contribution in [2.24, 2.45) is 0 Å². The molecule has 8 heteroatoms. The molecule has 6 nitrogen and oxygen atoms in total. The van der Waals surface area contributed by atoms with Gasteiger partial charge in [0.2, 0.25) is 0 Å². The molecule has 1 aromatic carbocycles. The molecule has 0 unspecified atom stereocenters. The van der Waals surface area contributed by atoms with Crippen LogP contribution < -0.4 is 5.32 Å². The zero-order valence-electron chi connectivity index (χ0n) is 12.5. The third-order valence-corrected chi connectivity index (χ3v) is 4.03. The maximum atomic E-state index is 13.0. The van der Waals surface area contributed by atoms with E-state index in [4.69, 9.17) is 0 Å². The monoisotopic (exact) mass is 331 g/mol. The molecule has 1 N–H and O–H groups in total. The van der Waals surface area contributed by atoms with Gasteiger partial charge in [-0.15, -0.1) is 5.10 Å². The number of halogens is 1. The Morgan fingerprint density at radius 3 is 2.74 bits per heavy atom. The predicted octanol–water partition coefficient (Wildman–Crippen LogP) is 2.66. The molecule has 0 spiro atoms. The Balaban J connectivity index is 1.81. The minimum absolute atomic E-state index is 0.238. The summed E-state index contributed by atoms with van der Waals surface area (Å²) in [7, 11) is 0. The van der Waals surface area contributed by atoms with Gasteiger partial charge in [-0.1, -0.05) is 4.49 Å². The lowest BCUT2D eigenvalue weighted by atomic mass is 10.1. The van der Waals surface area contributed by atoms with Crippen LogP contribution in [0.4, 0.5) is 4.39 Å². The quantitative estimate of drug-likeness (QED) is 0.798. The summed E-state index contributed by atoms with van der Waals surface area (Å²) in [5.74, 6) is -0.573. The summed E-state index contributed by atoms with van der Waals surface area (Å²) < 4.78 is 18.4. The van der Waals surface area contributed by atoms with E-state index in [0.717, 1.165) is 28.5 Å². The maximum Gasteiger partial charge on any atom is 0.273 e. The van der Waals surface area contributed by atoms with E-state index in [-0.39, 0.29) is 17.8 Å². The van der Waals surface area contributed by atoms with Crippen LogP contribution in [0.15, 0.2) is 35.8 Å². The van der Waals surface area contributed by atoms with Crippen LogP contribution in [-0.4, -0.2) is 25.3 Å². The molecule has 2 heterocycles. The Hall–Kier alpha value is -2.61. The summed E-state index contributed by atoms with van der Waals surface area (Å²) >= 11 is 1.13. The molecule has 0 fully saturated rings. The van der Waals surface area contributed by atoms with Gasteiger partial charge in [0.1, 0.15) is 5.82 Å². The van der Waals surface area contributed by atoms with Crippen molar-refractivity contribution < 1.29 is 9.18 Å². The summed E-state index contributed by atoms with van der Waals surface area (Å²) in [4.78, 5) is 12.0. The number of rotatable bonds is 4. The summed E-state index contributed by atoms with van der Waals surface area (Å²) in [6.45, 7) is 3.77. The maximum absolute atomic E-state index is 13.0. The van der Waals surface area contributed by atoms with Crippen molar-refractivity contribution in [2.45, 2.75) is 19.9 Å². The molecule has 3 rings (SSSR count). The molecule has 0 aliphatic rings. The van der Waals surface area contributed by atoms with E-state index in [1.807, 2.05) is 13.8 Å². The lowest BCUT2D eigenvalue weighted by Crippen LogP contribution is -2.27. The van der Waals surface area contributed by atoms with Gasteiger partial charge in [-0.25, -0.2) is 9.07 Å². The fraction of sp³-hybridized carbons (Fsp3) is 0.200. The van der Waals surface area contributed by atoms with Crippen LogP contribution in [0.2, 0.25) is 0 Å². The van der Waals surface area contributed by atoms with Crippen molar-refractivity contribution in [3.8, 4) is 5.69 Å². The van der Waals surface area contributed by atoms with E-state index in [2.05, 4.69) is 20.0 Å². The molecule has 1 atom stereocenters. The lowest BCUT2D eigenvalue weighted by molar-refractivity contribution is 0.0935. The number of aromatic nitrogens is 4. The van der Waals surface area contributed by atoms with Crippen LogP contribution in [0.1, 0.15) is 34.7 Å². The van der Waals surface area contributed by atoms with Gasteiger partial charge in [-0.2, -0.15) is 5.10 Å². The Morgan fingerprint density at radius 1 is 1.35 bits per heavy atom. The third-order valence-electron chi connectivity index (χ3n) is 3.53. The zero-order valence-corrected chi connectivity index (χ0v) is 13.3. The number of amides is 1. The smallest absolute Gasteiger partial charge is 0.273 e. The van der Waals surface area contributed by atoms with Gasteiger partial charge >= 0.3 is 0 Å². The summed E-state index contributed by atoms with van der Waals surface area (Å²) in [6, 6.07) is 5.85. The lowest BCUT2D eigenvalue weighted by Gasteiger charge is -2.13. The molecule has 3 aromatic rings. The van der Waals surface area contributed by atoms with Crippen molar-refractivity contribution >= 4 is 17.4 Å². The molecule has 0 saturated carbocycles. The first-order valence-electron chi connectivity index (χ1n) is 6.94. The van der Waals surface area contributed by atoms with Crippen LogP contribution in [0.3, 0.4) is 0 Å². The Morgan fingerprint density at radius 2 is 2.09 bits per heavy atom. The van der Waals surface area contributed by atoms with Gasteiger partial charge in [0.25, 0.3) is 5.91 Å². The highest BCUT2D eigenvalue weighted by atomic mass is 32.1. The molecular weight excluding hydrogens is 317 g/mol. The Labute approximate surface area is 136 Å². The summed E-state index contributed by atoms with van der Waals surface area (Å²) in [5.41, 5.74) is 2.81. The fourth-order valence-electron chi connectivity index (χ4n) is 2.30. The van der Waals surface area contributed by atoms with Crippen molar-refractivity contribution in [1.29, 1.82) is 0 Å². The van der Waals surface area contributed by atoms with Gasteiger partial charge in [-0.3, -0.25) is 4.79 Å². The van der Waals surface area contributed by atoms with Crippen LogP contribution in [0.5, 0.6) is 0 Å². The minimum Gasteiger partial charge on any atom is -0.344 e. The van der Waals surface area contributed by atoms with Crippen molar-refractivity contribution in [3.05, 3.63) is 58.6 Å². The third kappa shape index (κ3) is 3.11. The summed E-state index contributed by atoms with van der Waals surface area (Å²) in [5, 5.41) is 12.5. The molecule has 0 aliphatic carbocycles. The number of hydrogen-bond donors (Lipinski definition) is 1. The number of hydrogen-bond acceptors (Lipinski definition) is 5. The minimum atomic E-state index is -0.295. The summed E-state index contributed by atoms with van der Waals surface area (Å²) in [6.07, 6.45) is 1.70. The number of nitrogens with one attached hydrogen (secondary N) is 1. The van der Waals surface area contributed by atoms with E-state index in [1.54, 1.807) is 28.4 Å². The van der Waals surface area contributed by atoms with Crippen molar-refractivity contribution in [2.75, 3.05) is 0 Å². The first kappa shape index (κ1) is 15.3. The van der Waals surface area contributed by atoms with E-state index < -0.39 is 0 Å². The first-order valence-corrected chi connectivity index (χ1v) is 7.78. The molecule has 0 saturated heterocycles. The van der Waals surface area contributed by atoms with Gasteiger partial charge < -0.3 is 5.32 Å². The second kappa shape index (κ2) is 6.25. The van der Waals surface area contributed by atoms with Crippen molar-refractivity contribution in [1.82, 2.24) is 24.7 Å². The van der Waals surface area contributed by atoms with Gasteiger partial charge in [0, 0.05) is 16.6 Å². The Bertz CT molecular complexity index is 813. The largest absolute Gasteiger partial charge is 0.344 e. The number of carbonyl (C=O) groups excluding carboxylic acids is 1. The average molecular weight is 331 g/mol. The van der Waals surface area contributed by atoms with Crippen molar-refractivity contribution in [3.63, 3.8) is 0 Å². The first-order chi connectivity index (χ1) is 11.1. The highest BCUT2D eigenvalue weighted by molar-refractivity contribution is 7.03. The SMILES string of the molecule is Cc1c([C@H](C)NC(=O)c2csnn2)cnn1-c1ccc(F)cc1. The molecule has 0 bridgehead atoms. The highest BCUT2D eigenvalue weighted by Crippen LogP contribution is 2.20. The number of nitrogens with zero attached hydrogens (tertiary/aromatic N) is 4. The second-order valence-electron chi connectivity index (χ2n) is 5.06. The van der Waals surface area contributed by atoms with Gasteiger partial charge in [0.15, 0.2) is 5.69 Å². The number of benzene rings is 1. The van der Waals surface area contributed by atoms with E-state index >= 15 is 0 Å². The fourth-order valence-corrected chi connectivity index (χ4v) is 2.74. The normalized spacial score (nSPS) is 12.1. The zero-order chi connectivity index (χ0) is 16.4. The molecule has 1 amide bonds. The molecule has 0 radical (unpaired) electrons. The molecule has 2 aromatic heterocycles. The Kier molecular flexibility index (Phi) is 4.16. The number of carbonyl (C=O) groups is 1. The van der Waals surface area contributed by atoms with Crippen LogP contribution in [0, 0.1) is 12.7 Å². The predicted molar refractivity (Wildman–Crippen MR) is 84.0 cm³/mol. The molecule has 23 heavy (non-hydrogen) atoms. The van der Waals surface area contributed by atoms with Crippen LogP contribution in [0.25, 0.3) is 5.69 Å². The van der Waals surface area contributed by atoms with Gasteiger partial charge in [0.05, 0.1) is 17.9 Å². The van der Waals surface area contributed by atoms with Gasteiger partial charge in [-0.05, 0) is 49.6 Å². The standard InChI is InChI=1S/C15H14FN5OS/c1-9(18-15(22)14-8-23-20-19-14)13-7-17-21(10(13)2)12-5-3-11(16)4-6-12/h3-9H,1-2H3,(H,18,22)/t9-/m0/s1. The van der Waals surface area contributed by atoms with E-state index in [1.165, 1.54) is 12.1 Å². The second-order valence-corrected chi connectivity index (χ2v) is 5.67.